The minimum Gasteiger partial charge on any atom is -0.300 e. The Morgan fingerprint density at radius 2 is 1.82 bits per heavy atom. The number of ketones is 1. The van der Waals surface area contributed by atoms with Crippen molar-refractivity contribution in [2.45, 2.75) is 32.6 Å². The average Bonchev–Trinajstić information content (AvgIpc) is 1.97. The van der Waals surface area contributed by atoms with Crippen molar-refractivity contribution in [3.05, 3.63) is 0 Å². The number of hydrogen-bond donors (Lipinski definition) is 2. The quantitative estimate of drug-likeness (QED) is 0.351. The van der Waals surface area contributed by atoms with Crippen LogP contribution in [0.25, 0.3) is 0 Å². The Hall–Kier alpha value is -0.900. The molecule has 4 heteroatoms. The summed E-state index contributed by atoms with van der Waals surface area (Å²) in [5.41, 5.74) is 1.53. The number of carbonyl (C=O) groups excluding carboxylic acids is 2. The molecule has 0 aromatic heterocycles. The van der Waals surface area contributed by atoms with E-state index in [2.05, 4.69) is 0 Å². The number of hydrogen-bond acceptors (Lipinski definition) is 3. The van der Waals surface area contributed by atoms with Crippen LogP contribution in [0.5, 0.6) is 0 Å². The van der Waals surface area contributed by atoms with Crippen molar-refractivity contribution in [3.63, 3.8) is 0 Å². The fourth-order valence-electron chi connectivity index (χ4n) is 0.715. The summed E-state index contributed by atoms with van der Waals surface area (Å²) < 4.78 is 0. The molecule has 0 fully saturated rings. The standard InChI is InChI=1S/C7H13NO3/c1-6(9)4-2-3-5-7(10)8-11/h11H,2-5H2,1H3,(H,8,10). The molecule has 0 spiro atoms. The van der Waals surface area contributed by atoms with Crippen LogP contribution >= 0.6 is 0 Å². The van der Waals surface area contributed by atoms with Gasteiger partial charge in [-0.2, -0.15) is 0 Å². The Bertz CT molecular complexity index is 145. The van der Waals surface area contributed by atoms with E-state index in [1.165, 1.54) is 12.4 Å². The van der Waals surface area contributed by atoms with Gasteiger partial charge in [-0.05, 0) is 19.8 Å². The molecule has 4 nitrogen and oxygen atoms in total. The Labute approximate surface area is 65.6 Å². The maximum absolute atomic E-state index is 10.4. The molecular formula is C7H13NO3. The second-order valence-electron chi connectivity index (χ2n) is 2.44. The van der Waals surface area contributed by atoms with Gasteiger partial charge in [0, 0.05) is 12.8 Å². The van der Waals surface area contributed by atoms with Crippen LogP contribution in [0.4, 0.5) is 0 Å². The molecular weight excluding hydrogens is 146 g/mol. The normalized spacial score (nSPS) is 9.27. The predicted molar refractivity (Wildman–Crippen MR) is 39.1 cm³/mol. The van der Waals surface area contributed by atoms with Crippen LogP contribution in [0.1, 0.15) is 32.6 Å². The van der Waals surface area contributed by atoms with E-state index in [0.29, 0.717) is 19.3 Å². The summed E-state index contributed by atoms with van der Waals surface area (Å²) in [5.74, 6) is -0.261. The first-order valence-corrected chi connectivity index (χ1v) is 3.59. The van der Waals surface area contributed by atoms with Crippen LogP contribution < -0.4 is 5.48 Å². The Balaban J connectivity index is 3.14. The van der Waals surface area contributed by atoms with E-state index in [1.54, 1.807) is 0 Å². The van der Waals surface area contributed by atoms with Gasteiger partial charge in [0.1, 0.15) is 5.78 Å². The van der Waals surface area contributed by atoms with Crippen molar-refractivity contribution in [3.8, 4) is 0 Å². The zero-order chi connectivity index (χ0) is 8.69. The predicted octanol–water partition coefficient (Wildman–Crippen LogP) is 0.641. The molecule has 0 heterocycles. The van der Waals surface area contributed by atoms with E-state index in [1.807, 2.05) is 0 Å². The molecule has 0 radical (unpaired) electrons. The molecule has 0 aromatic carbocycles. The molecule has 0 rings (SSSR count). The lowest BCUT2D eigenvalue weighted by Crippen LogP contribution is -2.17. The molecule has 0 atom stereocenters. The molecule has 0 bridgehead atoms. The van der Waals surface area contributed by atoms with Gasteiger partial charge in [0.15, 0.2) is 0 Å². The third-order valence-corrected chi connectivity index (χ3v) is 1.31. The van der Waals surface area contributed by atoms with Gasteiger partial charge < -0.3 is 4.79 Å². The number of nitrogens with one attached hydrogen (secondary N) is 1. The highest BCUT2D eigenvalue weighted by molar-refractivity contribution is 5.76. The molecule has 64 valence electrons. The monoisotopic (exact) mass is 159 g/mol. The largest absolute Gasteiger partial charge is 0.300 e. The zero-order valence-electron chi connectivity index (χ0n) is 6.59. The molecule has 11 heavy (non-hydrogen) atoms. The maximum atomic E-state index is 10.4. The van der Waals surface area contributed by atoms with E-state index in [0.717, 1.165) is 0 Å². The SMILES string of the molecule is CC(=O)CCCCC(=O)NO. The Morgan fingerprint density at radius 3 is 2.27 bits per heavy atom. The third kappa shape index (κ3) is 6.99. The van der Waals surface area contributed by atoms with Gasteiger partial charge in [0.25, 0.3) is 0 Å². The number of hydroxylamine groups is 1. The average molecular weight is 159 g/mol. The highest BCUT2D eigenvalue weighted by Crippen LogP contribution is 1.99. The Morgan fingerprint density at radius 1 is 1.27 bits per heavy atom. The molecule has 0 saturated carbocycles. The van der Waals surface area contributed by atoms with E-state index >= 15 is 0 Å². The summed E-state index contributed by atoms with van der Waals surface area (Å²) in [4.78, 5) is 20.8. The third-order valence-electron chi connectivity index (χ3n) is 1.31. The highest BCUT2D eigenvalue weighted by atomic mass is 16.5. The van der Waals surface area contributed by atoms with Crippen molar-refractivity contribution >= 4 is 11.7 Å². The van der Waals surface area contributed by atoms with Gasteiger partial charge in [-0.15, -0.1) is 0 Å². The van der Waals surface area contributed by atoms with Crippen LogP contribution in [-0.2, 0) is 9.59 Å². The topological polar surface area (TPSA) is 66.4 Å². The van der Waals surface area contributed by atoms with E-state index < -0.39 is 5.91 Å². The van der Waals surface area contributed by atoms with Crippen LogP contribution in [-0.4, -0.2) is 16.9 Å². The second kappa shape index (κ2) is 5.85. The van der Waals surface area contributed by atoms with Gasteiger partial charge in [0.05, 0.1) is 0 Å². The second-order valence-corrected chi connectivity index (χ2v) is 2.44. The van der Waals surface area contributed by atoms with Gasteiger partial charge in [-0.3, -0.25) is 10.0 Å². The first-order chi connectivity index (χ1) is 5.16. The summed E-state index contributed by atoms with van der Waals surface area (Å²) in [6.07, 6.45) is 2.15. The van der Waals surface area contributed by atoms with Crippen molar-refractivity contribution in [1.29, 1.82) is 0 Å². The summed E-state index contributed by atoms with van der Waals surface area (Å²) in [6, 6.07) is 0. The first-order valence-electron chi connectivity index (χ1n) is 3.59. The number of unbranched alkanes of at least 4 members (excludes halogenated alkanes) is 1. The Kier molecular flexibility index (Phi) is 5.37. The lowest BCUT2D eigenvalue weighted by atomic mass is 10.1. The molecule has 0 aliphatic carbocycles. The van der Waals surface area contributed by atoms with E-state index in [9.17, 15) is 9.59 Å². The molecule has 0 aliphatic rings. The lowest BCUT2D eigenvalue weighted by Gasteiger charge is -1.96. The van der Waals surface area contributed by atoms with Crippen LogP contribution in [0.2, 0.25) is 0 Å². The number of carbonyl (C=O) groups is 2. The molecule has 0 unspecified atom stereocenters. The van der Waals surface area contributed by atoms with Gasteiger partial charge in [0.2, 0.25) is 5.91 Å². The molecule has 0 aromatic rings. The summed E-state index contributed by atoms with van der Waals surface area (Å²) in [5, 5.41) is 8.08. The van der Waals surface area contributed by atoms with Crippen molar-refractivity contribution < 1.29 is 14.8 Å². The fraction of sp³-hybridized carbons (Fsp3) is 0.714. The molecule has 2 N–H and O–H groups in total. The maximum Gasteiger partial charge on any atom is 0.243 e. The van der Waals surface area contributed by atoms with Crippen molar-refractivity contribution in [2.24, 2.45) is 0 Å². The van der Waals surface area contributed by atoms with Gasteiger partial charge in [-0.1, -0.05) is 0 Å². The van der Waals surface area contributed by atoms with E-state index in [4.69, 9.17) is 5.21 Å². The number of rotatable bonds is 5. The number of amides is 1. The lowest BCUT2D eigenvalue weighted by molar-refractivity contribution is -0.129. The zero-order valence-corrected chi connectivity index (χ0v) is 6.59. The van der Waals surface area contributed by atoms with Gasteiger partial charge in [-0.25, -0.2) is 5.48 Å². The fourth-order valence-corrected chi connectivity index (χ4v) is 0.715. The molecule has 0 saturated heterocycles. The summed E-state index contributed by atoms with van der Waals surface area (Å²) >= 11 is 0. The van der Waals surface area contributed by atoms with Gasteiger partial charge >= 0.3 is 0 Å². The first kappa shape index (κ1) is 10.1. The number of Topliss-reactive ketones (excluding diaryl/α,β-unsaturated/α-hetero) is 1. The van der Waals surface area contributed by atoms with E-state index in [-0.39, 0.29) is 12.2 Å². The smallest absolute Gasteiger partial charge is 0.243 e. The van der Waals surface area contributed by atoms with Crippen LogP contribution in [0.3, 0.4) is 0 Å². The summed E-state index contributed by atoms with van der Waals surface area (Å²) in [6.45, 7) is 1.52. The minimum atomic E-state index is -0.395. The van der Waals surface area contributed by atoms with Crippen LogP contribution in [0, 0.1) is 0 Å². The summed E-state index contributed by atoms with van der Waals surface area (Å²) in [7, 11) is 0. The minimum absolute atomic E-state index is 0.134. The van der Waals surface area contributed by atoms with Crippen LogP contribution in [0.15, 0.2) is 0 Å². The van der Waals surface area contributed by atoms with Crippen molar-refractivity contribution in [1.82, 2.24) is 5.48 Å². The molecule has 1 amide bonds. The van der Waals surface area contributed by atoms with Crippen molar-refractivity contribution in [2.75, 3.05) is 0 Å². The molecule has 0 aliphatic heterocycles. The highest BCUT2D eigenvalue weighted by Gasteiger charge is 1.98.